The minimum absolute atomic E-state index is 0.500. The van der Waals surface area contributed by atoms with Crippen LogP contribution in [0, 0.1) is 0 Å². The van der Waals surface area contributed by atoms with Crippen molar-refractivity contribution in [2.24, 2.45) is 0 Å². The molecule has 21 heavy (non-hydrogen) atoms. The normalized spacial score (nSPS) is 12.3. The Kier molecular flexibility index (Phi) is 3.90. The maximum atomic E-state index is 9.58. The summed E-state index contributed by atoms with van der Waals surface area (Å²) < 4.78 is 6.69. The predicted molar refractivity (Wildman–Crippen MR) is 86.6 cm³/mol. The zero-order chi connectivity index (χ0) is 14.8. The van der Waals surface area contributed by atoms with Crippen LogP contribution in [-0.4, -0.2) is 10.1 Å². The number of pyridine rings is 1. The van der Waals surface area contributed by atoms with Gasteiger partial charge in [-0.2, -0.15) is 0 Å². The molecule has 1 aromatic heterocycles. The lowest BCUT2D eigenvalue weighted by Gasteiger charge is -2.11. The zero-order valence-electron chi connectivity index (χ0n) is 11.5. The fourth-order valence-corrected chi connectivity index (χ4v) is 2.57. The summed E-state index contributed by atoms with van der Waals surface area (Å²) in [6.45, 7) is 1.73. The summed E-state index contributed by atoms with van der Waals surface area (Å²) in [5.74, 6) is 1.43. The molecule has 0 fully saturated rings. The number of halogens is 1. The molecule has 1 atom stereocenters. The Bertz CT molecular complexity index is 787. The Morgan fingerprint density at radius 1 is 1.14 bits per heavy atom. The molecule has 3 aromatic rings. The number of ether oxygens (including phenoxy) is 1. The van der Waals surface area contributed by atoms with Crippen molar-refractivity contribution in [1.82, 2.24) is 4.98 Å². The van der Waals surface area contributed by atoms with Gasteiger partial charge in [-0.1, -0.05) is 12.1 Å². The van der Waals surface area contributed by atoms with Gasteiger partial charge in [0.1, 0.15) is 11.5 Å². The van der Waals surface area contributed by atoms with Gasteiger partial charge in [-0.3, -0.25) is 4.98 Å². The molecule has 0 aliphatic carbocycles. The third-order valence-corrected chi connectivity index (χ3v) is 3.86. The number of benzene rings is 2. The van der Waals surface area contributed by atoms with E-state index in [1.54, 1.807) is 13.1 Å². The van der Waals surface area contributed by atoms with Gasteiger partial charge in [0.05, 0.1) is 16.1 Å². The van der Waals surface area contributed by atoms with Crippen LogP contribution in [0.1, 0.15) is 18.6 Å². The highest BCUT2D eigenvalue weighted by Crippen LogP contribution is 2.32. The Labute approximate surface area is 131 Å². The van der Waals surface area contributed by atoms with Crippen LogP contribution in [0.25, 0.3) is 10.9 Å². The first-order valence-electron chi connectivity index (χ1n) is 6.63. The van der Waals surface area contributed by atoms with Crippen molar-refractivity contribution in [1.29, 1.82) is 0 Å². The summed E-state index contributed by atoms with van der Waals surface area (Å²) >= 11 is 3.47. The van der Waals surface area contributed by atoms with Crippen molar-refractivity contribution in [2.75, 3.05) is 0 Å². The predicted octanol–water partition coefficient (Wildman–Crippen LogP) is 4.84. The quantitative estimate of drug-likeness (QED) is 0.739. The van der Waals surface area contributed by atoms with Crippen molar-refractivity contribution >= 4 is 26.8 Å². The summed E-state index contributed by atoms with van der Waals surface area (Å²) in [5, 5.41) is 10.7. The second-order valence-corrected chi connectivity index (χ2v) is 5.68. The molecule has 4 heteroatoms. The Balaban J connectivity index is 1.91. The van der Waals surface area contributed by atoms with E-state index in [1.807, 2.05) is 48.5 Å². The molecule has 1 heterocycles. The smallest absolute Gasteiger partial charge is 0.141 e. The third kappa shape index (κ3) is 3.06. The van der Waals surface area contributed by atoms with Gasteiger partial charge in [0.2, 0.25) is 0 Å². The number of nitrogens with zero attached hydrogens (tertiary/aromatic N) is 1. The molecule has 0 amide bonds. The van der Waals surface area contributed by atoms with E-state index in [1.165, 1.54) is 0 Å². The minimum Gasteiger partial charge on any atom is -0.456 e. The van der Waals surface area contributed by atoms with E-state index in [4.69, 9.17) is 4.74 Å². The molecule has 3 rings (SSSR count). The maximum Gasteiger partial charge on any atom is 0.141 e. The van der Waals surface area contributed by atoms with Gasteiger partial charge < -0.3 is 9.84 Å². The topological polar surface area (TPSA) is 42.4 Å². The maximum absolute atomic E-state index is 9.58. The number of hydrogen-bond donors (Lipinski definition) is 1. The molecular formula is C17H14BrNO2. The molecule has 0 radical (unpaired) electrons. The van der Waals surface area contributed by atoms with E-state index in [2.05, 4.69) is 20.9 Å². The van der Waals surface area contributed by atoms with Gasteiger partial charge in [-0.05, 0) is 58.7 Å². The number of aliphatic hydroxyl groups excluding tert-OH is 1. The highest BCUT2D eigenvalue weighted by atomic mass is 79.9. The summed E-state index contributed by atoms with van der Waals surface area (Å²) in [6, 6.07) is 15.3. The van der Waals surface area contributed by atoms with Crippen molar-refractivity contribution in [3.63, 3.8) is 0 Å². The van der Waals surface area contributed by atoms with Gasteiger partial charge in [0.25, 0.3) is 0 Å². The summed E-state index contributed by atoms with van der Waals surface area (Å²) in [6.07, 6.45) is 1.26. The first kappa shape index (κ1) is 14.0. The Morgan fingerprint density at radius 3 is 2.76 bits per heavy atom. The molecule has 1 N–H and O–H groups in total. The zero-order valence-corrected chi connectivity index (χ0v) is 13.0. The fourth-order valence-electron chi connectivity index (χ4n) is 2.10. The van der Waals surface area contributed by atoms with Crippen LogP contribution in [0.5, 0.6) is 11.5 Å². The van der Waals surface area contributed by atoms with Crippen molar-refractivity contribution in [3.05, 3.63) is 64.8 Å². The average molecular weight is 344 g/mol. The van der Waals surface area contributed by atoms with E-state index in [-0.39, 0.29) is 0 Å². The summed E-state index contributed by atoms with van der Waals surface area (Å²) in [5.41, 5.74) is 1.74. The van der Waals surface area contributed by atoms with E-state index in [9.17, 15) is 5.11 Å². The molecule has 0 saturated carbocycles. The Hall–Kier alpha value is -1.91. The highest BCUT2D eigenvalue weighted by molar-refractivity contribution is 9.10. The van der Waals surface area contributed by atoms with Gasteiger partial charge in [-0.15, -0.1) is 0 Å². The monoisotopic (exact) mass is 343 g/mol. The fraction of sp³-hybridized carbons (Fsp3) is 0.118. The second-order valence-electron chi connectivity index (χ2n) is 4.83. The standard InChI is InChI=1S/C17H14BrNO2/c1-11(20)13-5-7-17(15(18)9-13)21-14-6-4-12-3-2-8-19-16(12)10-14/h2-11,20H,1H3/t11-/m0/s1. The van der Waals surface area contributed by atoms with Gasteiger partial charge in [0.15, 0.2) is 0 Å². The van der Waals surface area contributed by atoms with Crippen LogP contribution < -0.4 is 4.74 Å². The molecule has 3 nitrogen and oxygen atoms in total. The van der Waals surface area contributed by atoms with Crippen molar-refractivity contribution < 1.29 is 9.84 Å². The minimum atomic E-state index is -0.500. The highest BCUT2D eigenvalue weighted by Gasteiger charge is 2.07. The number of fused-ring (bicyclic) bond motifs is 1. The molecule has 0 bridgehead atoms. The molecule has 0 unspecified atom stereocenters. The van der Waals surface area contributed by atoms with E-state index >= 15 is 0 Å². The van der Waals surface area contributed by atoms with Crippen LogP contribution in [-0.2, 0) is 0 Å². The summed E-state index contributed by atoms with van der Waals surface area (Å²) in [7, 11) is 0. The SMILES string of the molecule is C[C@H](O)c1ccc(Oc2ccc3cccnc3c2)c(Br)c1. The van der Waals surface area contributed by atoms with Crippen LogP contribution in [0.2, 0.25) is 0 Å². The van der Waals surface area contributed by atoms with Crippen molar-refractivity contribution in [3.8, 4) is 11.5 Å². The lowest BCUT2D eigenvalue weighted by Crippen LogP contribution is -1.92. The molecular weight excluding hydrogens is 330 g/mol. The van der Waals surface area contributed by atoms with Crippen LogP contribution in [0.15, 0.2) is 59.2 Å². The van der Waals surface area contributed by atoms with Gasteiger partial charge in [-0.25, -0.2) is 0 Å². The van der Waals surface area contributed by atoms with E-state index in [0.29, 0.717) is 5.75 Å². The summed E-state index contributed by atoms with van der Waals surface area (Å²) in [4.78, 5) is 4.32. The average Bonchev–Trinajstić information content (AvgIpc) is 2.49. The lowest BCUT2D eigenvalue weighted by molar-refractivity contribution is 0.199. The number of hydrogen-bond acceptors (Lipinski definition) is 3. The molecule has 0 spiro atoms. The van der Waals surface area contributed by atoms with Gasteiger partial charge >= 0.3 is 0 Å². The molecule has 2 aromatic carbocycles. The number of rotatable bonds is 3. The van der Waals surface area contributed by atoms with Gasteiger partial charge in [0, 0.05) is 17.6 Å². The molecule has 106 valence electrons. The second kappa shape index (κ2) is 5.84. The first-order chi connectivity index (χ1) is 10.1. The molecule has 0 saturated heterocycles. The van der Waals surface area contributed by atoms with Crippen LogP contribution >= 0.6 is 15.9 Å². The van der Waals surface area contributed by atoms with E-state index in [0.717, 1.165) is 26.7 Å². The molecule has 0 aliphatic heterocycles. The number of aromatic nitrogens is 1. The Morgan fingerprint density at radius 2 is 2.00 bits per heavy atom. The van der Waals surface area contributed by atoms with Crippen LogP contribution in [0.3, 0.4) is 0 Å². The largest absolute Gasteiger partial charge is 0.456 e. The lowest BCUT2D eigenvalue weighted by atomic mass is 10.1. The van der Waals surface area contributed by atoms with Crippen LogP contribution in [0.4, 0.5) is 0 Å². The first-order valence-corrected chi connectivity index (χ1v) is 7.43. The van der Waals surface area contributed by atoms with Crippen molar-refractivity contribution in [2.45, 2.75) is 13.0 Å². The third-order valence-electron chi connectivity index (χ3n) is 3.24. The van der Waals surface area contributed by atoms with E-state index < -0.39 is 6.10 Å². The molecule has 0 aliphatic rings. The number of aliphatic hydroxyl groups is 1.